The predicted molar refractivity (Wildman–Crippen MR) is 144 cm³/mol. The van der Waals surface area contributed by atoms with Gasteiger partial charge in [-0.3, -0.25) is 0 Å². The summed E-state index contributed by atoms with van der Waals surface area (Å²) in [5.41, 5.74) is 12.2. The van der Waals surface area contributed by atoms with Crippen LogP contribution in [0.2, 0.25) is 0 Å². The maximum absolute atomic E-state index is 2.77. The second-order valence-electron chi connectivity index (χ2n) is 11.7. The molecule has 0 bridgehead atoms. The second-order valence-corrected chi connectivity index (χ2v) is 11.7. The van der Waals surface area contributed by atoms with Crippen LogP contribution in [0, 0.1) is 13.8 Å². The van der Waals surface area contributed by atoms with Crippen LogP contribution >= 0.6 is 0 Å². The molecular weight excluding hydrogens is 424 g/mol. The van der Waals surface area contributed by atoms with Crippen molar-refractivity contribution < 1.29 is 4.57 Å². The van der Waals surface area contributed by atoms with Gasteiger partial charge in [-0.15, -0.1) is 0 Å². The molecule has 35 heavy (non-hydrogen) atoms. The lowest BCUT2D eigenvalue weighted by molar-refractivity contribution is -0.632. The Morgan fingerprint density at radius 3 is 2.26 bits per heavy atom. The largest absolute Gasteiger partial charge is 0.295 e. The zero-order valence-electron chi connectivity index (χ0n) is 21.1. The average molecular weight is 458 g/mol. The van der Waals surface area contributed by atoms with Gasteiger partial charge in [-0.1, -0.05) is 79.9 Å². The van der Waals surface area contributed by atoms with Crippen LogP contribution in [0.1, 0.15) is 67.3 Å². The number of aryl methyl sites for hydroxylation is 3. The molecule has 2 fully saturated rings. The van der Waals surface area contributed by atoms with Crippen molar-refractivity contribution in [3.63, 3.8) is 0 Å². The van der Waals surface area contributed by atoms with Crippen molar-refractivity contribution in [3.8, 4) is 11.3 Å². The highest BCUT2D eigenvalue weighted by molar-refractivity contribution is 6.15. The fourth-order valence-corrected chi connectivity index (χ4v) is 9.06. The molecule has 2 nitrogen and oxygen atoms in total. The Morgan fingerprint density at radius 2 is 1.43 bits per heavy atom. The summed E-state index contributed by atoms with van der Waals surface area (Å²) in [5, 5.41) is 4.32. The van der Waals surface area contributed by atoms with E-state index in [1.165, 1.54) is 94.7 Å². The Bertz CT molecular complexity index is 1710. The number of fused-ring (bicyclic) bond motifs is 3. The molecule has 3 aromatic carbocycles. The van der Waals surface area contributed by atoms with Crippen LogP contribution in [0.5, 0.6) is 0 Å². The number of hydrogen-bond acceptors (Lipinski definition) is 0. The van der Waals surface area contributed by atoms with Gasteiger partial charge in [0, 0.05) is 32.7 Å². The highest BCUT2D eigenvalue weighted by Crippen LogP contribution is 2.67. The summed E-state index contributed by atoms with van der Waals surface area (Å²) in [4.78, 5) is 0. The Balaban J connectivity index is 1.75. The van der Waals surface area contributed by atoms with E-state index < -0.39 is 0 Å². The number of nitrogens with zero attached hydrogens (tertiary/aromatic N) is 2. The van der Waals surface area contributed by atoms with Crippen LogP contribution in [-0.2, 0) is 17.9 Å². The van der Waals surface area contributed by atoms with Crippen molar-refractivity contribution in [3.05, 3.63) is 83.0 Å². The molecule has 0 radical (unpaired) electrons. The van der Waals surface area contributed by atoms with E-state index in [1.807, 2.05) is 0 Å². The van der Waals surface area contributed by atoms with Gasteiger partial charge in [0.15, 0.2) is 11.4 Å². The molecule has 2 heteroatoms. The summed E-state index contributed by atoms with van der Waals surface area (Å²) in [7, 11) is 2.33. The third kappa shape index (κ3) is 2.13. The molecule has 0 amide bonds. The van der Waals surface area contributed by atoms with Gasteiger partial charge in [-0.05, 0) is 50.7 Å². The van der Waals surface area contributed by atoms with Crippen molar-refractivity contribution >= 4 is 27.3 Å². The lowest BCUT2D eigenvalue weighted by Crippen LogP contribution is -2.50. The highest BCUT2D eigenvalue weighted by atomic mass is 15.1. The van der Waals surface area contributed by atoms with Gasteiger partial charge < -0.3 is 0 Å². The first-order valence-electron chi connectivity index (χ1n) is 13.5. The quantitative estimate of drug-likeness (QED) is 0.181. The van der Waals surface area contributed by atoms with E-state index >= 15 is 0 Å². The first-order chi connectivity index (χ1) is 17.1. The summed E-state index contributed by atoms with van der Waals surface area (Å²) in [6, 6.07) is 23.1. The van der Waals surface area contributed by atoms with Gasteiger partial charge in [0.05, 0.1) is 12.4 Å². The standard InChI is InChI=1S/C33H33N2/c1-21-11-9-14-24-26-22(2)15-16-25-29(26)35-30(33-18-8-7-17-32(25,33)19-10-20-33)28(23-12-5-4-6-13-23)34(3)31(35)27(21)24/h4-6,9,11-16H,7-8,10,17-20H2,1-3H3/q+1. The lowest BCUT2D eigenvalue weighted by atomic mass is 9.52. The Morgan fingerprint density at radius 1 is 0.714 bits per heavy atom. The molecule has 2 aliphatic carbocycles. The SMILES string of the molecule is Cc1ccc2c3c1c1cccc(C)c1c1n3c(c(-c3ccccc3)[n+]1C)C13CCCCC21CCC3. The molecule has 0 saturated heterocycles. The van der Waals surface area contributed by atoms with Gasteiger partial charge >= 0.3 is 0 Å². The number of hydrogen-bond donors (Lipinski definition) is 0. The van der Waals surface area contributed by atoms with Crippen LogP contribution in [0.25, 0.3) is 38.6 Å². The Labute approximate surface area is 207 Å². The summed E-state index contributed by atoms with van der Waals surface area (Å²) in [6.45, 7) is 4.62. The van der Waals surface area contributed by atoms with Crippen molar-refractivity contribution in [2.45, 2.75) is 69.6 Å². The topological polar surface area (TPSA) is 8.29 Å². The van der Waals surface area contributed by atoms with E-state index in [9.17, 15) is 0 Å². The molecule has 0 spiro atoms. The third-order valence-electron chi connectivity index (χ3n) is 10.3. The Hall–Kier alpha value is -3.13. The van der Waals surface area contributed by atoms with Crippen LogP contribution in [0.4, 0.5) is 0 Å². The van der Waals surface area contributed by atoms with Crippen LogP contribution in [0.15, 0.2) is 60.7 Å². The molecule has 5 aromatic rings. The number of benzene rings is 3. The maximum atomic E-state index is 2.77. The number of imidazole rings is 1. The van der Waals surface area contributed by atoms with E-state index in [4.69, 9.17) is 0 Å². The summed E-state index contributed by atoms with van der Waals surface area (Å²) in [5.74, 6) is 0. The summed E-state index contributed by atoms with van der Waals surface area (Å²) < 4.78 is 5.33. The van der Waals surface area contributed by atoms with E-state index in [-0.39, 0.29) is 10.8 Å². The molecule has 174 valence electrons. The number of rotatable bonds is 1. The van der Waals surface area contributed by atoms with Crippen LogP contribution < -0.4 is 4.57 Å². The first kappa shape index (κ1) is 20.1. The van der Waals surface area contributed by atoms with Crippen LogP contribution in [0.3, 0.4) is 0 Å². The summed E-state index contributed by atoms with van der Waals surface area (Å²) in [6.07, 6.45) is 9.36. The average Bonchev–Trinajstić information content (AvgIpc) is 3.42. The second kappa shape index (κ2) is 6.55. The molecule has 2 saturated carbocycles. The first-order valence-corrected chi connectivity index (χ1v) is 13.5. The fourth-order valence-electron chi connectivity index (χ4n) is 9.06. The monoisotopic (exact) mass is 457 g/mol. The van der Waals surface area contributed by atoms with E-state index in [0.717, 1.165) is 0 Å². The van der Waals surface area contributed by atoms with Crippen LogP contribution in [-0.4, -0.2) is 4.40 Å². The highest BCUT2D eigenvalue weighted by Gasteiger charge is 2.64. The zero-order chi connectivity index (χ0) is 23.5. The molecular formula is C33H33N2+. The smallest absolute Gasteiger partial charge is 0.225 e. The van der Waals surface area contributed by atoms with Gasteiger partial charge in [-0.25, -0.2) is 4.57 Å². The number of aromatic nitrogens is 2. The molecule has 8 rings (SSSR count). The molecule has 2 unspecified atom stereocenters. The fraction of sp³-hybridized carbons (Fsp3) is 0.364. The lowest BCUT2D eigenvalue weighted by Gasteiger charge is -2.51. The molecule has 2 atom stereocenters. The molecule has 2 aromatic heterocycles. The van der Waals surface area contributed by atoms with E-state index in [2.05, 4.69) is 90.5 Å². The maximum Gasteiger partial charge on any atom is 0.295 e. The number of pyridine rings is 1. The van der Waals surface area contributed by atoms with Gasteiger partial charge in [0.25, 0.3) is 5.65 Å². The van der Waals surface area contributed by atoms with E-state index in [1.54, 1.807) is 11.3 Å². The van der Waals surface area contributed by atoms with Gasteiger partial charge in [0.1, 0.15) is 5.52 Å². The van der Waals surface area contributed by atoms with Crippen molar-refractivity contribution in [1.82, 2.24) is 4.40 Å². The minimum absolute atomic E-state index is 0.228. The zero-order valence-corrected chi connectivity index (χ0v) is 21.1. The van der Waals surface area contributed by atoms with Gasteiger partial charge in [-0.2, -0.15) is 4.40 Å². The minimum atomic E-state index is 0.228. The minimum Gasteiger partial charge on any atom is -0.225 e. The van der Waals surface area contributed by atoms with Crippen molar-refractivity contribution in [2.24, 2.45) is 7.05 Å². The predicted octanol–water partition coefficient (Wildman–Crippen LogP) is 7.60. The summed E-state index contributed by atoms with van der Waals surface area (Å²) >= 11 is 0. The molecule has 3 aliphatic rings. The molecule has 0 N–H and O–H groups in total. The van der Waals surface area contributed by atoms with Crippen molar-refractivity contribution in [1.29, 1.82) is 0 Å². The third-order valence-corrected chi connectivity index (χ3v) is 10.3. The molecule has 1 aliphatic heterocycles. The normalized spacial score (nSPS) is 25.0. The Kier molecular flexibility index (Phi) is 3.76. The van der Waals surface area contributed by atoms with E-state index in [0.29, 0.717) is 0 Å². The molecule has 3 heterocycles. The van der Waals surface area contributed by atoms with Gasteiger partial charge in [0.2, 0.25) is 0 Å². The van der Waals surface area contributed by atoms with Crippen molar-refractivity contribution in [2.75, 3.05) is 0 Å².